The van der Waals surface area contributed by atoms with Crippen LogP contribution >= 0.6 is 0 Å². The molecule has 0 amide bonds. The van der Waals surface area contributed by atoms with E-state index in [0.29, 0.717) is 6.04 Å². The smallest absolute Gasteiger partial charge is 0.0362 e. The number of hydrogen-bond acceptors (Lipinski definition) is 3. The van der Waals surface area contributed by atoms with Crippen molar-refractivity contribution in [3.8, 4) is 0 Å². The first-order chi connectivity index (χ1) is 7.61. The second-order valence-electron chi connectivity index (χ2n) is 5.01. The molecule has 1 aliphatic rings. The zero-order valence-corrected chi connectivity index (χ0v) is 11.7. The lowest BCUT2D eigenvalue weighted by atomic mass is 10.0. The summed E-state index contributed by atoms with van der Waals surface area (Å²) in [5.74, 6) is 2.38. The third-order valence-corrected chi connectivity index (χ3v) is 4.33. The molecular formula is C12H26N2OS. The molecule has 1 N–H and O–H groups in total. The minimum absolute atomic E-state index is 0.613. The van der Waals surface area contributed by atoms with Crippen molar-refractivity contribution in [1.29, 1.82) is 0 Å². The van der Waals surface area contributed by atoms with E-state index in [-0.39, 0.29) is 0 Å². The highest BCUT2D eigenvalue weighted by Crippen LogP contribution is 2.09. The Hall–Kier alpha value is 0.0700. The maximum atomic E-state index is 11.4. The quantitative estimate of drug-likeness (QED) is 0.761. The average molecular weight is 246 g/mol. The highest BCUT2D eigenvalue weighted by molar-refractivity contribution is 7.84. The van der Waals surface area contributed by atoms with Crippen LogP contribution in [0.4, 0.5) is 0 Å². The van der Waals surface area contributed by atoms with Crippen LogP contribution in [-0.4, -0.2) is 52.8 Å². The summed E-state index contributed by atoms with van der Waals surface area (Å²) in [5, 5.41) is 3.56. The van der Waals surface area contributed by atoms with Crippen LogP contribution in [0.15, 0.2) is 0 Å². The van der Waals surface area contributed by atoms with Crippen LogP contribution in [0.2, 0.25) is 0 Å². The van der Waals surface area contributed by atoms with Gasteiger partial charge in [0.15, 0.2) is 0 Å². The second kappa shape index (κ2) is 7.41. The fourth-order valence-electron chi connectivity index (χ4n) is 2.20. The van der Waals surface area contributed by atoms with Gasteiger partial charge in [-0.2, -0.15) is 0 Å². The van der Waals surface area contributed by atoms with E-state index >= 15 is 0 Å². The van der Waals surface area contributed by atoms with Crippen molar-refractivity contribution >= 4 is 10.8 Å². The van der Waals surface area contributed by atoms with Gasteiger partial charge < -0.3 is 5.32 Å². The summed E-state index contributed by atoms with van der Waals surface area (Å²) < 4.78 is 11.4. The Labute approximate surface area is 102 Å². The SMILES string of the molecule is CCS(=O)CCN1CCNC(CC(C)C)C1. The molecule has 3 nitrogen and oxygen atoms in total. The zero-order valence-electron chi connectivity index (χ0n) is 10.9. The van der Waals surface area contributed by atoms with Crippen LogP contribution in [-0.2, 0) is 10.8 Å². The van der Waals surface area contributed by atoms with Gasteiger partial charge in [-0.3, -0.25) is 9.11 Å². The molecule has 0 saturated carbocycles. The molecule has 16 heavy (non-hydrogen) atoms. The Kier molecular flexibility index (Phi) is 6.54. The standard InChI is InChI=1S/C12H26N2OS/c1-4-16(15)8-7-14-6-5-13-12(10-14)9-11(2)3/h11-13H,4-10H2,1-3H3. The molecule has 0 bridgehead atoms. The molecular weight excluding hydrogens is 220 g/mol. The molecule has 1 rings (SSSR count). The van der Waals surface area contributed by atoms with Crippen LogP contribution in [0.5, 0.6) is 0 Å². The predicted molar refractivity (Wildman–Crippen MR) is 71.2 cm³/mol. The molecule has 1 fully saturated rings. The van der Waals surface area contributed by atoms with E-state index < -0.39 is 10.8 Å². The lowest BCUT2D eigenvalue weighted by Crippen LogP contribution is -2.51. The number of hydrogen-bond donors (Lipinski definition) is 1. The van der Waals surface area contributed by atoms with Gasteiger partial charge in [0.2, 0.25) is 0 Å². The third kappa shape index (κ3) is 5.41. The number of piperazine rings is 1. The maximum Gasteiger partial charge on any atom is 0.0362 e. The van der Waals surface area contributed by atoms with E-state index in [1.807, 2.05) is 6.92 Å². The lowest BCUT2D eigenvalue weighted by molar-refractivity contribution is 0.195. The Morgan fingerprint density at radius 1 is 1.50 bits per heavy atom. The maximum absolute atomic E-state index is 11.4. The first-order valence-corrected chi connectivity index (χ1v) is 7.91. The lowest BCUT2D eigenvalue weighted by Gasteiger charge is -2.34. The van der Waals surface area contributed by atoms with Crippen molar-refractivity contribution in [3.63, 3.8) is 0 Å². The van der Waals surface area contributed by atoms with E-state index in [1.165, 1.54) is 6.42 Å². The van der Waals surface area contributed by atoms with Crippen molar-refractivity contribution in [2.45, 2.75) is 33.2 Å². The van der Waals surface area contributed by atoms with Gasteiger partial charge >= 0.3 is 0 Å². The van der Waals surface area contributed by atoms with Crippen LogP contribution in [0.3, 0.4) is 0 Å². The summed E-state index contributed by atoms with van der Waals surface area (Å²) in [4.78, 5) is 2.46. The largest absolute Gasteiger partial charge is 0.311 e. The molecule has 96 valence electrons. The van der Waals surface area contributed by atoms with Crippen LogP contribution in [0.25, 0.3) is 0 Å². The highest BCUT2D eigenvalue weighted by Gasteiger charge is 2.19. The Morgan fingerprint density at radius 3 is 2.88 bits per heavy atom. The normalized spacial score (nSPS) is 24.9. The second-order valence-corrected chi connectivity index (χ2v) is 6.88. The summed E-state index contributed by atoms with van der Waals surface area (Å²) in [6.07, 6.45) is 1.24. The number of nitrogens with one attached hydrogen (secondary N) is 1. The molecule has 1 aliphatic heterocycles. The Morgan fingerprint density at radius 2 is 2.25 bits per heavy atom. The number of rotatable bonds is 6. The van der Waals surface area contributed by atoms with Crippen molar-refractivity contribution in [1.82, 2.24) is 10.2 Å². The molecule has 0 radical (unpaired) electrons. The molecule has 0 aromatic rings. The van der Waals surface area contributed by atoms with Gasteiger partial charge in [0.1, 0.15) is 0 Å². The van der Waals surface area contributed by atoms with Crippen molar-refractivity contribution in [2.24, 2.45) is 5.92 Å². The fraction of sp³-hybridized carbons (Fsp3) is 1.00. The minimum atomic E-state index is -0.613. The van der Waals surface area contributed by atoms with Gasteiger partial charge in [-0.05, 0) is 12.3 Å². The molecule has 0 spiro atoms. The summed E-state index contributed by atoms with van der Waals surface area (Å²) in [5.41, 5.74) is 0. The summed E-state index contributed by atoms with van der Waals surface area (Å²) >= 11 is 0. The fourth-order valence-corrected chi connectivity index (χ4v) is 2.95. The van der Waals surface area contributed by atoms with Gasteiger partial charge in [0.25, 0.3) is 0 Å². The summed E-state index contributed by atoms with van der Waals surface area (Å²) in [6, 6.07) is 0.629. The van der Waals surface area contributed by atoms with Crippen molar-refractivity contribution < 1.29 is 4.21 Å². The minimum Gasteiger partial charge on any atom is -0.311 e. The molecule has 0 aliphatic carbocycles. The monoisotopic (exact) mass is 246 g/mol. The predicted octanol–water partition coefficient (Wildman–Crippen LogP) is 1.07. The first-order valence-electron chi connectivity index (χ1n) is 6.42. The highest BCUT2D eigenvalue weighted by atomic mass is 32.2. The van der Waals surface area contributed by atoms with E-state index in [0.717, 1.165) is 43.6 Å². The van der Waals surface area contributed by atoms with Crippen molar-refractivity contribution in [2.75, 3.05) is 37.7 Å². The Balaban J connectivity index is 2.24. The molecule has 2 unspecified atom stereocenters. The molecule has 4 heteroatoms. The van der Waals surface area contributed by atoms with Crippen LogP contribution in [0, 0.1) is 5.92 Å². The number of nitrogens with zero attached hydrogens (tertiary/aromatic N) is 1. The zero-order chi connectivity index (χ0) is 12.0. The van der Waals surface area contributed by atoms with E-state index in [1.54, 1.807) is 0 Å². The summed E-state index contributed by atoms with van der Waals surface area (Å²) in [6.45, 7) is 10.8. The molecule has 0 aromatic heterocycles. The molecule has 1 saturated heterocycles. The van der Waals surface area contributed by atoms with E-state index in [4.69, 9.17) is 0 Å². The molecule has 1 heterocycles. The molecule has 0 aromatic carbocycles. The first kappa shape index (κ1) is 14.1. The van der Waals surface area contributed by atoms with Gasteiger partial charge in [0.05, 0.1) is 0 Å². The van der Waals surface area contributed by atoms with Crippen molar-refractivity contribution in [3.05, 3.63) is 0 Å². The van der Waals surface area contributed by atoms with E-state index in [2.05, 4.69) is 24.1 Å². The average Bonchev–Trinajstić information content (AvgIpc) is 2.25. The van der Waals surface area contributed by atoms with Gasteiger partial charge in [-0.1, -0.05) is 20.8 Å². The molecule has 2 atom stereocenters. The van der Waals surface area contributed by atoms with Crippen LogP contribution in [0.1, 0.15) is 27.2 Å². The topological polar surface area (TPSA) is 32.3 Å². The van der Waals surface area contributed by atoms with E-state index in [9.17, 15) is 4.21 Å². The van der Waals surface area contributed by atoms with Gasteiger partial charge in [-0.15, -0.1) is 0 Å². The van der Waals surface area contributed by atoms with Crippen LogP contribution < -0.4 is 5.32 Å². The van der Waals surface area contributed by atoms with Gasteiger partial charge in [0, 0.05) is 54.5 Å². The Bertz CT molecular complexity index is 221. The van der Waals surface area contributed by atoms with Gasteiger partial charge in [-0.25, -0.2) is 0 Å². The summed E-state index contributed by atoms with van der Waals surface area (Å²) in [7, 11) is -0.613. The third-order valence-electron chi connectivity index (χ3n) is 3.05.